The summed E-state index contributed by atoms with van der Waals surface area (Å²) in [5, 5.41) is 3.96. The summed E-state index contributed by atoms with van der Waals surface area (Å²) in [6.45, 7) is 2.04. The third kappa shape index (κ3) is 5.36. The van der Waals surface area contributed by atoms with Gasteiger partial charge in [-0.15, -0.1) is 11.8 Å². The Morgan fingerprint density at radius 2 is 1.95 bits per heavy atom. The highest BCUT2D eigenvalue weighted by atomic mass is 79.9. The maximum absolute atomic E-state index is 11.7. The number of thioether (sulfide) groups is 1. The van der Waals surface area contributed by atoms with Crippen molar-refractivity contribution in [3.05, 3.63) is 64.1 Å². The number of rotatable bonds is 5. The molecular formula is C16H15BrN2OS. The predicted octanol–water partition coefficient (Wildman–Crippen LogP) is 4.00. The van der Waals surface area contributed by atoms with Crippen LogP contribution in [0.4, 0.5) is 0 Å². The van der Waals surface area contributed by atoms with E-state index in [4.69, 9.17) is 0 Å². The summed E-state index contributed by atoms with van der Waals surface area (Å²) in [5.74, 6) is 0.222. The molecule has 0 atom stereocenters. The molecule has 2 rings (SSSR count). The van der Waals surface area contributed by atoms with Crippen molar-refractivity contribution in [1.82, 2.24) is 5.43 Å². The number of benzene rings is 2. The van der Waals surface area contributed by atoms with Gasteiger partial charge in [-0.25, -0.2) is 5.43 Å². The largest absolute Gasteiger partial charge is 0.272 e. The summed E-state index contributed by atoms with van der Waals surface area (Å²) in [7, 11) is 0. The van der Waals surface area contributed by atoms with Crippen LogP contribution in [0.25, 0.3) is 0 Å². The molecule has 0 aliphatic rings. The van der Waals surface area contributed by atoms with Crippen molar-refractivity contribution in [2.24, 2.45) is 5.10 Å². The van der Waals surface area contributed by atoms with E-state index in [1.54, 1.807) is 6.21 Å². The lowest BCUT2D eigenvalue weighted by Crippen LogP contribution is -2.19. The van der Waals surface area contributed by atoms with E-state index in [1.807, 2.05) is 55.5 Å². The van der Waals surface area contributed by atoms with Gasteiger partial charge in [0.1, 0.15) is 0 Å². The first-order chi connectivity index (χ1) is 10.1. The molecule has 0 saturated carbocycles. The van der Waals surface area contributed by atoms with Gasteiger partial charge >= 0.3 is 0 Å². The molecule has 3 nitrogen and oxygen atoms in total. The summed E-state index contributed by atoms with van der Waals surface area (Å²) in [5.41, 5.74) is 4.66. The molecule has 0 spiro atoms. The van der Waals surface area contributed by atoms with Crippen LogP contribution in [-0.2, 0) is 4.79 Å². The molecular weight excluding hydrogens is 348 g/mol. The lowest BCUT2D eigenvalue weighted by atomic mass is 10.2. The van der Waals surface area contributed by atoms with Gasteiger partial charge in [0.15, 0.2) is 0 Å². The molecule has 1 N–H and O–H groups in total. The lowest BCUT2D eigenvalue weighted by Gasteiger charge is -2.01. The van der Waals surface area contributed by atoms with E-state index in [-0.39, 0.29) is 5.91 Å². The SMILES string of the molecule is Cc1ccc(SCC(=O)N/N=C/c2ccccc2Br)cc1. The minimum Gasteiger partial charge on any atom is -0.272 e. The number of aryl methyl sites for hydroxylation is 1. The Morgan fingerprint density at radius 1 is 1.24 bits per heavy atom. The number of amides is 1. The lowest BCUT2D eigenvalue weighted by molar-refractivity contribution is -0.118. The van der Waals surface area contributed by atoms with Gasteiger partial charge in [0.05, 0.1) is 12.0 Å². The first kappa shape index (κ1) is 15.8. The Morgan fingerprint density at radius 3 is 2.67 bits per heavy atom. The zero-order chi connectivity index (χ0) is 15.1. The molecule has 0 aliphatic heterocycles. The normalized spacial score (nSPS) is 10.8. The molecule has 0 unspecified atom stereocenters. The summed E-state index contributed by atoms with van der Waals surface area (Å²) < 4.78 is 0.942. The average molecular weight is 363 g/mol. The van der Waals surface area contributed by atoms with Crippen LogP contribution < -0.4 is 5.43 Å². The molecule has 0 saturated heterocycles. The van der Waals surface area contributed by atoms with Crippen molar-refractivity contribution in [2.45, 2.75) is 11.8 Å². The van der Waals surface area contributed by atoms with Crippen molar-refractivity contribution < 1.29 is 4.79 Å². The van der Waals surface area contributed by atoms with E-state index in [2.05, 4.69) is 26.5 Å². The molecule has 0 bridgehead atoms. The minimum atomic E-state index is -0.121. The molecule has 5 heteroatoms. The Kier molecular flexibility index (Phi) is 6.02. The van der Waals surface area contributed by atoms with Crippen LogP contribution in [-0.4, -0.2) is 17.9 Å². The van der Waals surface area contributed by atoms with Crippen LogP contribution in [0, 0.1) is 6.92 Å². The maximum atomic E-state index is 11.7. The van der Waals surface area contributed by atoms with Gasteiger partial charge in [-0.05, 0) is 25.1 Å². The average Bonchev–Trinajstić information content (AvgIpc) is 2.49. The third-order valence-corrected chi connectivity index (χ3v) is 4.42. The van der Waals surface area contributed by atoms with Gasteiger partial charge < -0.3 is 0 Å². The topological polar surface area (TPSA) is 41.5 Å². The highest BCUT2D eigenvalue weighted by Crippen LogP contribution is 2.17. The number of carbonyl (C=O) groups excluding carboxylic acids is 1. The van der Waals surface area contributed by atoms with Gasteiger partial charge in [0, 0.05) is 14.9 Å². The second-order valence-corrected chi connectivity index (χ2v) is 6.32. The zero-order valence-corrected chi connectivity index (χ0v) is 13.9. The molecule has 2 aromatic carbocycles. The van der Waals surface area contributed by atoms with E-state index in [1.165, 1.54) is 17.3 Å². The van der Waals surface area contributed by atoms with Gasteiger partial charge in [0.25, 0.3) is 0 Å². The standard InChI is InChI=1S/C16H15BrN2OS/c1-12-6-8-14(9-7-12)21-11-16(20)19-18-10-13-4-2-3-5-15(13)17/h2-10H,11H2,1H3,(H,19,20)/b18-10+. The number of hydrogen-bond donors (Lipinski definition) is 1. The number of hydrogen-bond acceptors (Lipinski definition) is 3. The summed E-state index contributed by atoms with van der Waals surface area (Å²) in [6.07, 6.45) is 1.62. The van der Waals surface area contributed by atoms with E-state index in [0.717, 1.165) is 14.9 Å². The fourth-order valence-corrected chi connectivity index (χ4v) is 2.65. The van der Waals surface area contributed by atoms with Crippen molar-refractivity contribution >= 4 is 39.8 Å². The van der Waals surface area contributed by atoms with Gasteiger partial charge in [-0.3, -0.25) is 4.79 Å². The molecule has 0 aromatic heterocycles. The monoisotopic (exact) mass is 362 g/mol. The molecule has 0 radical (unpaired) electrons. The minimum absolute atomic E-state index is 0.121. The summed E-state index contributed by atoms with van der Waals surface area (Å²) in [6, 6.07) is 15.8. The van der Waals surface area contributed by atoms with E-state index in [9.17, 15) is 4.79 Å². The van der Waals surface area contributed by atoms with E-state index >= 15 is 0 Å². The Bertz CT molecular complexity index is 641. The van der Waals surface area contributed by atoms with Gasteiger partial charge in [-0.1, -0.05) is 51.8 Å². The fraction of sp³-hybridized carbons (Fsp3) is 0.125. The predicted molar refractivity (Wildman–Crippen MR) is 91.8 cm³/mol. The molecule has 0 aliphatic carbocycles. The van der Waals surface area contributed by atoms with Crippen LogP contribution in [0.5, 0.6) is 0 Å². The van der Waals surface area contributed by atoms with Crippen LogP contribution in [0.15, 0.2) is 63.0 Å². The van der Waals surface area contributed by atoms with Crippen LogP contribution in [0.1, 0.15) is 11.1 Å². The van der Waals surface area contributed by atoms with E-state index < -0.39 is 0 Å². The van der Waals surface area contributed by atoms with E-state index in [0.29, 0.717) is 5.75 Å². The zero-order valence-electron chi connectivity index (χ0n) is 11.5. The first-order valence-corrected chi connectivity index (χ1v) is 8.19. The second kappa shape index (κ2) is 8.00. The summed E-state index contributed by atoms with van der Waals surface area (Å²) >= 11 is 4.91. The van der Waals surface area contributed by atoms with Crippen LogP contribution in [0.3, 0.4) is 0 Å². The summed E-state index contributed by atoms with van der Waals surface area (Å²) in [4.78, 5) is 12.8. The number of nitrogens with zero attached hydrogens (tertiary/aromatic N) is 1. The third-order valence-electron chi connectivity index (χ3n) is 2.69. The number of hydrazone groups is 1. The molecule has 21 heavy (non-hydrogen) atoms. The second-order valence-electron chi connectivity index (χ2n) is 4.42. The maximum Gasteiger partial charge on any atom is 0.250 e. The molecule has 0 fully saturated rings. The van der Waals surface area contributed by atoms with Crippen molar-refractivity contribution in [3.8, 4) is 0 Å². The van der Waals surface area contributed by atoms with Crippen LogP contribution >= 0.6 is 27.7 Å². The quantitative estimate of drug-likeness (QED) is 0.496. The highest BCUT2D eigenvalue weighted by molar-refractivity contribution is 9.10. The highest BCUT2D eigenvalue weighted by Gasteiger charge is 2.01. The van der Waals surface area contributed by atoms with Crippen molar-refractivity contribution in [1.29, 1.82) is 0 Å². The van der Waals surface area contributed by atoms with Gasteiger partial charge in [-0.2, -0.15) is 5.10 Å². The molecule has 1 amide bonds. The smallest absolute Gasteiger partial charge is 0.250 e. The first-order valence-electron chi connectivity index (χ1n) is 6.41. The van der Waals surface area contributed by atoms with Crippen LogP contribution in [0.2, 0.25) is 0 Å². The molecule has 2 aromatic rings. The number of nitrogens with one attached hydrogen (secondary N) is 1. The van der Waals surface area contributed by atoms with Crippen molar-refractivity contribution in [3.63, 3.8) is 0 Å². The molecule has 0 heterocycles. The number of carbonyl (C=O) groups is 1. The van der Waals surface area contributed by atoms with Crippen molar-refractivity contribution in [2.75, 3.05) is 5.75 Å². The Hall–Kier alpha value is -1.59. The Labute approximate surface area is 137 Å². The van der Waals surface area contributed by atoms with Gasteiger partial charge in [0.2, 0.25) is 5.91 Å². The number of halogens is 1. The fourth-order valence-electron chi connectivity index (χ4n) is 1.57. The Balaban J connectivity index is 1.80. The molecule has 108 valence electrons.